The summed E-state index contributed by atoms with van der Waals surface area (Å²) in [4.78, 5) is 6.48. The molecular formula is C13H20N4. The monoisotopic (exact) mass is 232 g/mol. The molecule has 1 heterocycles. The van der Waals surface area contributed by atoms with Gasteiger partial charge in [-0.1, -0.05) is 6.92 Å². The molecule has 0 aliphatic carbocycles. The maximum Gasteiger partial charge on any atom is 0.127 e. The average molecular weight is 232 g/mol. The lowest BCUT2D eigenvalue weighted by Crippen LogP contribution is -2.32. The summed E-state index contributed by atoms with van der Waals surface area (Å²) < 4.78 is 0. The Bertz CT molecular complexity index is 383. The minimum absolute atomic E-state index is 0.593. The van der Waals surface area contributed by atoms with Crippen molar-refractivity contribution < 1.29 is 0 Å². The molecule has 1 aromatic heterocycles. The van der Waals surface area contributed by atoms with Crippen molar-refractivity contribution in [2.24, 2.45) is 0 Å². The third-order valence-electron chi connectivity index (χ3n) is 3.00. The van der Waals surface area contributed by atoms with Crippen LogP contribution in [-0.4, -0.2) is 36.1 Å². The van der Waals surface area contributed by atoms with Gasteiger partial charge in [-0.2, -0.15) is 5.26 Å². The van der Waals surface area contributed by atoms with Crippen LogP contribution in [0.1, 0.15) is 25.8 Å². The highest BCUT2D eigenvalue weighted by molar-refractivity contribution is 5.42. The molecule has 17 heavy (non-hydrogen) atoms. The van der Waals surface area contributed by atoms with Crippen molar-refractivity contribution in [3.63, 3.8) is 0 Å². The molecule has 0 aromatic carbocycles. The number of hydrogen-bond acceptors (Lipinski definition) is 4. The molecule has 1 N–H and O–H groups in total. The highest BCUT2D eigenvalue weighted by Crippen LogP contribution is 2.05. The van der Waals surface area contributed by atoms with Crippen LogP contribution in [0, 0.1) is 11.3 Å². The topological polar surface area (TPSA) is 52.0 Å². The first kappa shape index (κ1) is 13.5. The van der Waals surface area contributed by atoms with Crippen LogP contribution in [0.15, 0.2) is 18.3 Å². The van der Waals surface area contributed by atoms with E-state index in [9.17, 15) is 0 Å². The molecule has 1 unspecified atom stereocenters. The Morgan fingerprint density at radius 3 is 3.00 bits per heavy atom. The van der Waals surface area contributed by atoms with Crippen molar-refractivity contribution in [3.05, 3.63) is 23.9 Å². The first-order valence-electron chi connectivity index (χ1n) is 5.97. The quantitative estimate of drug-likeness (QED) is 0.816. The molecule has 0 bridgehead atoms. The van der Waals surface area contributed by atoms with Crippen LogP contribution in [0.2, 0.25) is 0 Å². The molecule has 0 spiro atoms. The Hall–Kier alpha value is -1.60. The second-order valence-electron chi connectivity index (χ2n) is 4.21. The third kappa shape index (κ3) is 4.41. The average Bonchev–Trinajstić information content (AvgIpc) is 2.37. The van der Waals surface area contributed by atoms with Crippen LogP contribution in [0.4, 0.5) is 5.82 Å². The zero-order valence-electron chi connectivity index (χ0n) is 10.8. The zero-order valence-corrected chi connectivity index (χ0v) is 10.8. The van der Waals surface area contributed by atoms with E-state index in [1.54, 1.807) is 18.3 Å². The fourth-order valence-electron chi connectivity index (χ4n) is 1.49. The second kappa shape index (κ2) is 6.87. The van der Waals surface area contributed by atoms with E-state index in [2.05, 4.69) is 42.2 Å². The van der Waals surface area contributed by atoms with Crippen molar-refractivity contribution >= 4 is 5.82 Å². The van der Waals surface area contributed by atoms with E-state index in [1.807, 2.05) is 0 Å². The molecule has 0 saturated carbocycles. The van der Waals surface area contributed by atoms with E-state index in [0.29, 0.717) is 11.6 Å². The summed E-state index contributed by atoms with van der Waals surface area (Å²) in [5.74, 6) is 0.765. The van der Waals surface area contributed by atoms with E-state index in [1.165, 1.54) is 0 Å². The van der Waals surface area contributed by atoms with Crippen LogP contribution < -0.4 is 5.32 Å². The normalized spacial score (nSPS) is 12.2. The molecular weight excluding hydrogens is 212 g/mol. The summed E-state index contributed by atoms with van der Waals surface area (Å²) in [5, 5.41) is 12.0. The van der Waals surface area contributed by atoms with Crippen molar-refractivity contribution in [2.75, 3.05) is 25.5 Å². The molecule has 0 saturated heterocycles. The van der Waals surface area contributed by atoms with E-state index >= 15 is 0 Å². The molecule has 0 radical (unpaired) electrons. The minimum Gasteiger partial charge on any atom is -0.369 e. The van der Waals surface area contributed by atoms with Gasteiger partial charge in [0.2, 0.25) is 0 Å². The van der Waals surface area contributed by atoms with Gasteiger partial charge in [-0.3, -0.25) is 0 Å². The highest BCUT2D eigenvalue weighted by atomic mass is 15.1. The van der Waals surface area contributed by atoms with Crippen molar-refractivity contribution in [3.8, 4) is 6.07 Å². The van der Waals surface area contributed by atoms with Gasteiger partial charge in [0.25, 0.3) is 0 Å². The van der Waals surface area contributed by atoms with Gasteiger partial charge in [0.1, 0.15) is 5.82 Å². The maximum atomic E-state index is 8.77. The summed E-state index contributed by atoms with van der Waals surface area (Å²) in [6.07, 6.45) is 2.80. The standard InChI is InChI=1S/C13H20N4/c1-4-11(2)17(3)8-7-16-13-9-12(10-14)5-6-15-13/h5-6,9,11H,4,7-8H2,1-3H3,(H,15,16). The van der Waals surface area contributed by atoms with Crippen molar-refractivity contribution in [1.82, 2.24) is 9.88 Å². The molecule has 0 fully saturated rings. The lowest BCUT2D eigenvalue weighted by molar-refractivity contribution is 0.261. The predicted octanol–water partition coefficient (Wildman–Crippen LogP) is 2.10. The Labute approximate surface area is 103 Å². The maximum absolute atomic E-state index is 8.77. The van der Waals surface area contributed by atoms with E-state index in [4.69, 9.17) is 5.26 Å². The third-order valence-corrected chi connectivity index (χ3v) is 3.00. The van der Waals surface area contributed by atoms with Gasteiger partial charge in [0.15, 0.2) is 0 Å². The van der Waals surface area contributed by atoms with Gasteiger partial charge < -0.3 is 10.2 Å². The smallest absolute Gasteiger partial charge is 0.127 e. The number of nitriles is 1. The van der Waals surface area contributed by atoms with Crippen LogP contribution in [0.5, 0.6) is 0 Å². The molecule has 0 aliphatic heterocycles. The van der Waals surface area contributed by atoms with Crippen LogP contribution in [0.25, 0.3) is 0 Å². The van der Waals surface area contributed by atoms with Crippen molar-refractivity contribution in [1.29, 1.82) is 5.26 Å². The van der Waals surface area contributed by atoms with Gasteiger partial charge in [-0.05, 0) is 32.5 Å². The van der Waals surface area contributed by atoms with Gasteiger partial charge in [-0.15, -0.1) is 0 Å². The number of nitrogens with one attached hydrogen (secondary N) is 1. The molecule has 1 rings (SSSR count). The first-order chi connectivity index (χ1) is 8.17. The largest absolute Gasteiger partial charge is 0.369 e. The molecule has 4 nitrogen and oxygen atoms in total. The lowest BCUT2D eigenvalue weighted by atomic mass is 10.2. The van der Waals surface area contributed by atoms with E-state index in [-0.39, 0.29) is 0 Å². The molecule has 0 aliphatic rings. The molecule has 1 aromatic rings. The van der Waals surface area contributed by atoms with E-state index in [0.717, 1.165) is 25.3 Å². The summed E-state index contributed by atoms with van der Waals surface area (Å²) >= 11 is 0. The number of nitrogens with zero attached hydrogens (tertiary/aromatic N) is 3. The lowest BCUT2D eigenvalue weighted by Gasteiger charge is -2.23. The molecule has 92 valence electrons. The molecule has 0 amide bonds. The number of aromatic nitrogens is 1. The minimum atomic E-state index is 0.593. The Morgan fingerprint density at radius 1 is 1.59 bits per heavy atom. The predicted molar refractivity (Wildman–Crippen MR) is 69.8 cm³/mol. The van der Waals surface area contributed by atoms with Crippen LogP contribution >= 0.6 is 0 Å². The number of rotatable bonds is 6. The Balaban J connectivity index is 2.38. The SMILES string of the molecule is CCC(C)N(C)CCNc1cc(C#N)ccn1. The summed E-state index contributed by atoms with van der Waals surface area (Å²) in [6, 6.07) is 6.17. The second-order valence-corrected chi connectivity index (χ2v) is 4.21. The Morgan fingerprint density at radius 2 is 2.35 bits per heavy atom. The number of hydrogen-bond donors (Lipinski definition) is 1. The summed E-state index contributed by atoms with van der Waals surface area (Å²) in [6.45, 7) is 6.21. The van der Waals surface area contributed by atoms with Gasteiger partial charge in [-0.25, -0.2) is 4.98 Å². The fourth-order valence-corrected chi connectivity index (χ4v) is 1.49. The summed E-state index contributed by atoms with van der Waals surface area (Å²) in [5.41, 5.74) is 0.637. The van der Waals surface area contributed by atoms with Gasteiger partial charge >= 0.3 is 0 Å². The molecule has 4 heteroatoms. The zero-order chi connectivity index (χ0) is 12.7. The fraction of sp³-hybridized carbons (Fsp3) is 0.538. The van der Waals surface area contributed by atoms with Crippen LogP contribution in [-0.2, 0) is 0 Å². The number of anilines is 1. The first-order valence-corrected chi connectivity index (χ1v) is 5.97. The van der Waals surface area contributed by atoms with E-state index < -0.39 is 0 Å². The summed E-state index contributed by atoms with van der Waals surface area (Å²) in [7, 11) is 2.12. The van der Waals surface area contributed by atoms with Crippen LogP contribution in [0.3, 0.4) is 0 Å². The Kier molecular flexibility index (Phi) is 5.44. The highest BCUT2D eigenvalue weighted by Gasteiger charge is 2.05. The van der Waals surface area contributed by atoms with Crippen molar-refractivity contribution in [2.45, 2.75) is 26.3 Å². The van der Waals surface area contributed by atoms with Gasteiger partial charge in [0.05, 0.1) is 11.6 Å². The van der Waals surface area contributed by atoms with Gasteiger partial charge in [0, 0.05) is 25.3 Å². The molecule has 1 atom stereocenters. The number of pyridine rings is 1. The number of likely N-dealkylation sites (N-methyl/N-ethyl adjacent to an activating group) is 1.